The highest BCUT2D eigenvalue weighted by atomic mass is 16.7. The van der Waals surface area contributed by atoms with Crippen molar-refractivity contribution in [2.24, 2.45) is 0 Å². The van der Waals surface area contributed by atoms with E-state index in [0.29, 0.717) is 28.0 Å². The van der Waals surface area contributed by atoms with Gasteiger partial charge in [-0.1, -0.05) is 6.07 Å². The maximum atomic E-state index is 12.6. The number of rotatable bonds is 15. The summed E-state index contributed by atoms with van der Waals surface area (Å²) >= 11 is 0. The summed E-state index contributed by atoms with van der Waals surface area (Å²) < 4.78 is 69.0. The average molecular weight is 861 g/mol. The lowest BCUT2D eigenvalue weighted by Crippen LogP contribution is -2.59. The van der Waals surface area contributed by atoms with Crippen LogP contribution in [0, 0.1) is 0 Å². The van der Waals surface area contributed by atoms with Crippen LogP contribution >= 0.6 is 0 Å². The van der Waals surface area contributed by atoms with Crippen molar-refractivity contribution in [3.63, 3.8) is 0 Å². The summed E-state index contributed by atoms with van der Waals surface area (Å²) in [5.41, 5.74) is 1.90. The van der Waals surface area contributed by atoms with Gasteiger partial charge in [0.15, 0.2) is 36.6 Å². The maximum Gasteiger partial charge on any atom is 0.303 e. The number of hydrogen-bond donors (Lipinski definition) is 0. The Hall–Kier alpha value is -5.95. The lowest BCUT2D eigenvalue weighted by molar-refractivity contribution is -0.254. The molecule has 2 heterocycles. The quantitative estimate of drug-likeness (QED) is 0.185. The number of benzene rings is 2. The molecular formula is C42H52O19. The lowest BCUT2D eigenvalue weighted by atomic mass is 9.88. The Morgan fingerprint density at radius 2 is 0.934 bits per heavy atom. The molecule has 61 heavy (non-hydrogen) atoms. The molecule has 2 aromatic rings. The Kier molecular flexibility index (Phi) is 16.5. The second-order valence-corrected chi connectivity index (χ2v) is 14.3. The topological polar surface area (TPSA) is 230 Å². The largest absolute Gasteiger partial charge is 0.496 e. The zero-order valence-electron chi connectivity index (χ0n) is 35.8. The molecule has 2 fully saturated rings. The minimum atomic E-state index is -1.42. The molecule has 4 rings (SSSR count). The Morgan fingerprint density at radius 3 is 1.43 bits per heavy atom. The first-order chi connectivity index (χ1) is 28.8. The van der Waals surface area contributed by atoms with Gasteiger partial charge < -0.3 is 56.8 Å². The minimum absolute atomic E-state index is 0.169. The first-order valence-corrected chi connectivity index (χ1v) is 19.2. The van der Waals surface area contributed by atoms with E-state index in [1.54, 1.807) is 37.3 Å². The molecule has 2 aliphatic rings. The minimum Gasteiger partial charge on any atom is -0.496 e. The molecule has 2 aromatic carbocycles. The molecule has 0 aromatic heterocycles. The molecular weight excluding hydrogens is 808 g/mol. The smallest absolute Gasteiger partial charge is 0.303 e. The van der Waals surface area contributed by atoms with Gasteiger partial charge in [0, 0.05) is 71.6 Å². The number of carbonyl (C=O) groups is 7. The predicted octanol–water partition coefficient (Wildman–Crippen LogP) is 3.36. The van der Waals surface area contributed by atoms with Crippen LogP contribution in [0.1, 0.15) is 89.9 Å². The molecule has 2 saturated heterocycles. The fourth-order valence-electron chi connectivity index (χ4n) is 7.42. The Morgan fingerprint density at radius 1 is 0.492 bits per heavy atom. The van der Waals surface area contributed by atoms with Crippen molar-refractivity contribution in [3.8, 4) is 17.2 Å². The molecule has 0 unspecified atom stereocenters. The predicted molar refractivity (Wildman–Crippen MR) is 206 cm³/mol. The van der Waals surface area contributed by atoms with Crippen molar-refractivity contribution in [2.45, 2.75) is 123 Å². The molecule has 0 radical (unpaired) electrons. The first-order valence-electron chi connectivity index (χ1n) is 19.2. The molecule has 19 heteroatoms. The summed E-state index contributed by atoms with van der Waals surface area (Å²) in [6.45, 7) is 9.31. The van der Waals surface area contributed by atoms with E-state index in [2.05, 4.69) is 0 Å². The van der Waals surface area contributed by atoms with E-state index in [9.17, 15) is 33.6 Å². The van der Waals surface area contributed by atoms with Gasteiger partial charge in [0.25, 0.3) is 0 Å². The Bertz CT molecular complexity index is 1960. The van der Waals surface area contributed by atoms with Gasteiger partial charge in [-0.05, 0) is 36.8 Å². The van der Waals surface area contributed by atoms with Crippen LogP contribution in [-0.4, -0.2) is 119 Å². The fraction of sp³-hybridized carbons (Fsp3) is 0.548. The highest BCUT2D eigenvalue weighted by Gasteiger charge is 2.54. The lowest BCUT2D eigenvalue weighted by Gasteiger charge is -2.44. The van der Waals surface area contributed by atoms with Gasteiger partial charge in [-0.15, -0.1) is 0 Å². The van der Waals surface area contributed by atoms with Crippen molar-refractivity contribution in [1.29, 1.82) is 0 Å². The van der Waals surface area contributed by atoms with E-state index in [0.717, 1.165) is 20.8 Å². The van der Waals surface area contributed by atoms with Crippen LogP contribution in [0.15, 0.2) is 30.3 Å². The summed E-state index contributed by atoms with van der Waals surface area (Å²) in [5, 5.41) is 0. The van der Waals surface area contributed by atoms with Crippen LogP contribution in [0.2, 0.25) is 0 Å². The molecule has 0 aliphatic carbocycles. The second-order valence-electron chi connectivity index (χ2n) is 14.3. The van der Waals surface area contributed by atoms with Crippen LogP contribution in [0.4, 0.5) is 0 Å². The summed E-state index contributed by atoms with van der Waals surface area (Å²) in [6, 6.07) is 8.43. The maximum absolute atomic E-state index is 12.6. The van der Waals surface area contributed by atoms with Crippen LogP contribution in [0.5, 0.6) is 17.2 Å². The number of carbonyl (C=O) groups excluding carboxylic acids is 7. The van der Waals surface area contributed by atoms with Crippen molar-refractivity contribution in [2.75, 3.05) is 27.9 Å². The zero-order chi connectivity index (χ0) is 45.3. The van der Waals surface area contributed by atoms with Gasteiger partial charge in [0.2, 0.25) is 0 Å². The fourth-order valence-corrected chi connectivity index (χ4v) is 7.42. The van der Waals surface area contributed by atoms with E-state index in [1.807, 2.05) is 0 Å². The molecule has 2 aliphatic heterocycles. The van der Waals surface area contributed by atoms with E-state index in [-0.39, 0.29) is 17.9 Å². The normalized spacial score (nSPS) is 25.8. The van der Waals surface area contributed by atoms with Crippen molar-refractivity contribution in [1.82, 2.24) is 0 Å². The summed E-state index contributed by atoms with van der Waals surface area (Å²) in [4.78, 5) is 86.0. The van der Waals surface area contributed by atoms with Gasteiger partial charge in [-0.25, -0.2) is 0 Å². The Balaban J connectivity index is 1.83. The van der Waals surface area contributed by atoms with Gasteiger partial charge >= 0.3 is 41.8 Å². The van der Waals surface area contributed by atoms with Crippen LogP contribution in [0.3, 0.4) is 0 Å². The molecule has 0 N–H and O–H groups in total. The van der Waals surface area contributed by atoms with Gasteiger partial charge in [0.05, 0.1) is 27.4 Å². The first kappa shape index (κ1) is 47.7. The molecule has 334 valence electrons. The summed E-state index contributed by atoms with van der Waals surface area (Å²) in [5.74, 6) is -4.20. The van der Waals surface area contributed by atoms with Gasteiger partial charge in [-0.2, -0.15) is 0 Å². The molecule has 0 amide bonds. The molecule has 0 spiro atoms. The third kappa shape index (κ3) is 12.1. The number of esters is 7. The molecule has 10 atom stereocenters. The Labute approximate surface area is 352 Å². The average Bonchev–Trinajstić information content (AvgIpc) is 3.16. The van der Waals surface area contributed by atoms with Crippen molar-refractivity contribution in [3.05, 3.63) is 52.6 Å². The molecule has 0 bridgehead atoms. The second kappa shape index (κ2) is 21.0. The van der Waals surface area contributed by atoms with E-state index >= 15 is 0 Å². The van der Waals surface area contributed by atoms with Crippen molar-refractivity contribution >= 4 is 41.8 Å². The van der Waals surface area contributed by atoms with E-state index in [1.165, 1.54) is 49.0 Å². The summed E-state index contributed by atoms with van der Waals surface area (Å²) in [7, 11) is 4.27. The zero-order valence-corrected chi connectivity index (χ0v) is 35.8. The number of ether oxygens (including phenoxy) is 12. The highest BCUT2D eigenvalue weighted by molar-refractivity contribution is 5.70. The number of hydrogen-bond acceptors (Lipinski definition) is 19. The SMILES string of the molecule is COc1cc([C@H]2O[C@@H](C)[C@H](OC(C)=O)[C@@H](OC(C)=O)[C@H]2OC(C)=O)c(OC)cc1Cc1ccc(OC)c([C@@H]2O[C@H](COC(C)=O)[C@H](OC(C)=O)[C@H](OC(C)=O)[C@H]2OC(C)=O)c1. The number of methoxy groups -OCH3 is 3. The highest BCUT2D eigenvalue weighted by Crippen LogP contribution is 2.45. The van der Waals surface area contributed by atoms with Crippen LogP contribution in [-0.2, 0) is 82.6 Å². The van der Waals surface area contributed by atoms with Crippen LogP contribution in [0.25, 0.3) is 0 Å². The summed E-state index contributed by atoms with van der Waals surface area (Å²) in [6.07, 6.45) is -12.1. The van der Waals surface area contributed by atoms with Crippen LogP contribution < -0.4 is 14.2 Å². The molecule has 0 saturated carbocycles. The standard InChI is InChI=1S/C42H52O19/c1-19-35(55-21(3)44)39(57-23(5)46)40(58-24(6)47)36(54-19)30-17-32(51-10)28(16-33(30)52-11)14-27-12-13-31(50-9)29(15-27)37-41(59-25(7)48)42(60-26(8)49)38(56-22(4)45)34(61-37)18-53-20(2)43/h12-13,15-17,19,34-42H,14,18H2,1-11H3/t19-,34+,35-,36+,37-,38-,39+,40-,41-,42-/m0/s1. The molecule has 19 nitrogen and oxygen atoms in total. The van der Waals surface area contributed by atoms with E-state index in [4.69, 9.17) is 56.8 Å². The van der Waals surface area contributed by atoms with Crippen molar-refractivity contribution < 1.29 is 90.4 Å². The van der Waals surface area contributed by atoms with Gasteiger partial charge in [0.1, 0.15) is 42.2 Å². The monoisotopic (exact) mass is 860 g/mol. The third-order valence-electron chi connectivity index (χ3n) is 9.60. The van der Waals surface area contributed by atoms with E-state index < -0.39 is 109 Å². The van der Waals surface area contributed by atoms with Gasteiger partial charge in [-0.3, -0.25) is 33.6 Å². The third-order valence-corrected chi connectivity index (χ3v) is 9.60.